The number of aromatic nitrogens is 1. The quantitative estimate of drug-likeness (QED) is 0.743. The average Bonchev–Trinajstić information content (AvgIpc) is 2.99. The Balaban J connectivity index is 1.55. The van der Waals surface area contributed by atoms with Crippen molar-refractivity contribution in [1.82, 2.24) is 10.3 Å². The van der Waals surface area contributed by atoms with Crippen LogP contribution in [0.15, 0.2) is 42.5 Å². The van der Waals surface area contributed by atoms with Gasteiger partial charge in [-0.05, 0) is 61.2 Å². The van der Waals surface area contributed by atoms with Crippen molar-refractivity contribution in [2.45, 2.75) is 25.3 Å². The molecule has 1 amide bonds. The van der Waals surface area contributed by atoms with Gasteiger partial charge in [0, 0.05) is 33.2 Å². The molecular formula is C20H19ClN2O2. The smallest absolute Gasteiger partial charge is 0.251 e. The van der Waals surface area contributed by atoms with E-state index in [0.29, 0.717) is 11.3 Å². The van der Waals surface area contributed by atoms with E-state index in [-0.39, 0.29) is 11.9 Å². The number of rotatable bonds is 3. The highest BCUT2D eigenvalue weighted by molar-refractivity contribution is 6.31. The van der Waals surface area contributed by atoms with Crippen LogP contribution in [0.2, 0.25) is 5.02 Å². The van der Waals surface area contributed by atoms with Gasteiger partial charge in [-0.2, -0.15) is 0 Å². The van der Waals surface area contributed by atoms with Crippen molar-refractivity contribution in [3.63, 3.8) is 0 Å². The lowest BCUT2D eigenvalue weighted by Crippen LogP contribution is -2.38. The van der Waals surface area contributed by atoms with Crippen LogP contribution in [0, 0.1) is 0 Å². The van der Waals surface area contributed by atoms with Gasteiger partial charge in [-0.1, -0.05) is 17.7 Å². The number of hydrogen-bond donors (Lipinski definition) is 2. The second kappa shape index (κ2) is 6.45. The van der Waals surface area contributed by atoms with Crippen LogP contribution < -0.4 is 10.1 Å². The number of ether oxygens (including phenoxy) is 1. The van der Waals surface area contributed by atoms with Crippen LogP contribution in [0.4, 0.5) is 0 Å². The van der Waals surface area contributed by atoms with Gasteiger partial charge in [0.05, 0.1) is 7.11 Å². The molecule has 4 nitrogen and oxygen atoms in total. The number of hydrogen-bond acceptors (Lipinski definition) is 2. The summed E-state index contributed by atoms with van der Waals surface area (Å²) in [5.74, 6) is 0.620. The van der Waals surface area contributed by atoms with Crippen molar-refractivity contribution in [3.8, 4) is 5.75 Å². The maximum Gasteiger partial charge on any atom is 0.251 e. The van der Waals surface area contributed by atoms with Crippen LogP contribution in [0.5, 0.6) is 5.75 Å². The van der Waals surface area contributed by atoms with E-state index in [2.05, 4.69) is 10.3 Å². The van der Waals surface area contributed by atoms with Crippen molar-refractivity contribution in [2.75, 3.05) is 7.11 Å². The van der Waals surface area contributed by atoms with E-state index in [0.717, 1.165) is 35.2 Å². The molecule has 1 heterocycles. The topological polar surface area (TPSA) is 54.1 Å². The van der Waals surface area contributed by atoms with E-state index >= 15 is 0 Å². The van der Waals surface area contributed by atoms with Gasteiger partial charge in [0.25, 0.3) is 5.91 Å². The largest absolute Gasteiger partial charge is 0.497 e. The first-order chi connectivity index (χ1) is 12.1. The number of fused-ring (bicyclic) bond motifs is 3. The lowest BCUT2D eigenvalue weighted by Gasteiger charge is -2.23. The summed E-state index contributed by atoms with van der Waals surface area (Å²) in [6.45, 7) is 0. The first-order valence-electron chi connectivity index (χ1n) is 8.38. The maximum absolute atomic E-state index is 12.6. The van der Waals surface area contributed by atoms with E-state index in [4.69, 9.17) is 16.3 Å². The molecule has 0 radical (unpaired) electrons. The van der Waals surface area contributed by atoms with Crippen molar-refractivity contribution in [1.29, 1.82) is 0 Å². The van der Waals surface area contributed by atoms with Gasteiger partial charge in [-0.15, -0.1) is 0 Å². The SMILES string of the molecule is COc1cccc(C(=O)NC2CCc3[nH]c4ccc(Cl)cc4c3C2)c1. The molecule has 0 bridgehead atoms. The second-order valence-corrected chi connectivity index (χ2v) is 6.85. The summed E-state index contributed by atoms with van der Waals surface area (Å²) in [5, 5.41) is 5.04. The van der Waals surface area contributed by atoms with Crippen LogP contribution in [0.1, 0.15) is 28.0 Å². The number of carbonyl (C=O) groups is 1. The van der Waals surface area contributed by atoms with Gasteiger partial charge < -0.3 is 15.0 Å². The first-order valence-corrected chi connectivity index (χ1v) is 8.76. The Labute approximate surface area is 151 Å². The summed E-state index contributed by atoms with van der Waals surface area (Å²) in [5.41, 5.74) is 4.24. The van der Waals surface area contributed by atoms with Gasteiger partial charge >= 0.3 is 0 Å². The van der Waals surface area contributed by atoms with E-state index < -0.39 is 0 Å². The number of H-pyrrole nitrogens is 1. The number of benzene rings is 2. The molecule has 5 heteroatoms. The van der Waals surface area contributed by atoms with Gasteiger partial charge in [0.2, 0.25) is 0 Å². The number of nitrogens with one attached hydrogen (secondary N) is 2. The second-order valence-electron chi connectivity index (χ2n) is 6.42. The fraction of sp³-hybridized carbons (Fsp3) is 0.250. The zero-order valence-electron chi connectivity index (χ0n) is 13.9. The molecule has 2 N–H and O–H groups in total. The van der Waals surface area contributed by atoms with Gasteiger partial charge in [-0.25, -0.2) is 0 Å². The monoisotopic (exact) mass is 354 g/mol. The molecule has 1 atom stereocenters. The number of aryl methyl sites for hydroxylation is 1. The van der Waals surface area contributed by atoms with E-state index in [1.807, 2.05) is 30.3 Å². The number of amides is 1. The Morgan fingerprint density at radius 2 is 2.16 bits per heavy atom. The van der Waals surface area contributed by atoms with E-state index in [1.165, 1.54) is 11.3 Å². The summed E-state index contributed by atoms with van der Waals surface area (Å²) in [7, 11) is 1.60. The van der Waals surface area contributed by atoms with Crippen molar-refractivity contribution >= 4 is 28.4 Å². The standard InChI is InChI=1S/C20H19ClN2O2/c1-25-15-4-2-3-12(9-15)20(24)22-14-6-8-19-17(11-14)16-10-13(21)5-7-18(16)23-19/h2-5,7,9-10,14,23H,6,8,11H2,1H3,(H,22,24). The lowest BCUT2D eigenvalue weighted by atomic mass is 9.91. The van der Waals surface area contributed by atoms with Crippen molar-refractivity contribution in [2.24, 2.45) is 0 Å². The summed E-state index contributed by atoms with van der Waals surface area (Å²) in [6, 6.07) is 13.2. The van der Waals surface area contributed by atoms with Crippen LogP contribution in [-0.4, -0.2) is 24.0 Å². The highest BCUT2D eigenvalue weighted by atomic mass is 35.5. The van der Waals surface area contributed by atoms with E-state index in [1.54, 1.807) is 19.2 Å². The third-order valence-corrected chi connectivity index (χ3v) is 5.05. The Morgan fingerprint density at radius 3 is 3.00 bits per heavy atom. The Kier molecular flexibility index (Phi) is 4.14. The van der Waals surface area contributed by atoms with Crippen molar-refractivity contribution < 1.29 is 9.53 Å². The molecule has 4 rings (SSSR count). The van der Waals surface area contributed by atoms with Crippen LogP contribution in [0.3, 0.4) is 0 Å². The molecule has 0 saturated heterocycles. The molecule has 1 aliphatic rings. The number of carbonyl (C=O) groups excluding carboxylic acids is 1. The molecule has 1 aliphatic carbocycles. The zero-order valence-corrected chi connectivity index (χ0v) is 14.7. The summed E-state index contributed by atoms with van der Waals surface area (Å²) in [4.78, 5) is 16.0. The van der Waals surface area contributed by atoms with Crippen LogP contribution >= 0.6 is 11.6 Å². The Bertz CT molecular complexity index is 948. The summed E-state index contributed by atoms with van der Waals surface area (Å²) < 4.78 is 5.19. The van der Waals surface area contributed by atoms with Gasteiger partial charge in [-0.3, -0.25) is 4.79 Å². The Hall–Kier alpha value is -2.46. The number of halogens is 1. The minimum atomic E-state index is -0.0646. The Morgan fingerprint density at radius 1 is 1.28 bits per heavy atom. The van der Waals surface area contributed by atoms with Crippen molar-refractivity contribution in [3.05, 3.63) is 64.3 Å². The number of methoxy groups -OCH3 is 1. The highest BCUT2D eigenvalue weighted by Gasteiger charge is 2.24. The molecule has 0 spiro atoms. The van der Waals surface area contributed by atoms with Gasteiger partial charge in [0.1, 0.15) is 5.75 Å². The lowest BCUT2D eigenvalue weighted by molar-refractivity contribution is 0.0933. The molecule has 0 aliphatic heterocycles. The molecule has 3 aromatic rings. The fourth-order valence-corrected chi connectivity index (χ4v) is 3.72. The minimum absolute atomic E-state index is 0.0646. The van der Waals surface area contributed by atoms with E-state index in [9.17, 15) is 4.79 Å². The predicted molar refractivity (Wildman–Crippen MR) is 99.6 cm³/mol. The third kappa shape index (κ3) is 3.10. The minimum Gasteiger partial charge on any atom is -0.497 e. The molecule has 1 aromatic heterocycles. The average molecular weight is 355 g/mol. The normalized spacial score (nSPS) is 16.5. The highest BCUT2D eigenvalue weighted by Crippen LogP contribution is 2.31. The fourth-order valence-electron chi connectivity index (χ4n) is 3.55. The molecule has 1 unspecified atom stereocenters. The molecule has 25 heavy (non-hydrogen) atoms. The van der Waals surface area contributed by atoms with Crippen LogP contribution in [-0.2, 0) is 12.8 Å². The molecular weight excluding hydrogens is 336 g/mol. The third-order valence-electron chi connectivity index (χ3n) is 4.82. The molecule has 0 fully saturated rings. The predicted octanol–water partition coefficient (Wildman–Crippen LogP) is 4.12. The maximum atomic E-state index is 12.6. The molecule has 128 valence electrons. The first kappa shape index (κ1) is 16.0. The molecule has 2 aromatic carbocycles. The zero-order chi connectivity index (χ0) is 17.4. The summed E-state index contributed by atoms with van der Waals surface area (Å²) >= 11 is 6.15. The number of aromatic amines is 1. The van der Waals surface area contributed by atoms with Gasteiger partial charge in [0.15, 0.2) is 0 Å². The molecule has 0 saturated carbocycles. The van der Waals surface area contributed by atoms with Crippen LogP contribution in [0.25, 0.3) is 10.9 Å². The summed E-state index contributed by atoms with van der Waals surface area (Å²) in [6.07, 6.45) is 2.65.